The first-order valence-electron chi connectivity index (χ1n) is 5.47. The molecule has 0 aliphatic rings. The van der Waals surface area contributed by atoms with Gasteiger partial charge in [-0.2, -0.15) is 0 Å². The fraction of sp³-hybridized carbons (Fsp3) is 0.583. The van der Waals surface area contributed by atoms with Crippen LogP contribution in [-0.4, -0.2) is 33.4 Å². The van der Waals surface area contributed by atoms with Crippen LogP contribution in [-0.2, 0) is 14.2 Å². The smallest absolute Gasteiger partial charge is 0.373 e. The Morgan fingerprint density at radius 3 is 2.76 bits per heavy atom. The Kier molecular flexibility index (Phi) is 5.72. The standard InChI is InChI=1S/C12H18O5/c1-9(16-8-4-7-14-2)10-5-6-11(17-10)12(13)15-3/h5-6,9H,4,7-8H2,1-3H3. The van der Waals surface area contributed by atoms with Crippen LogP contribution in [0.5, 0.6) is 0 Å². The minimum Gasteiger partial charge on any atom is -0.463 e. The summed E-state index contributed by atoms with van der Waals surface area (Å²) in [6.45, 7) is 3.12. The lowest BCUT2D eigenvalue weighted by molar-refractivity contribution is 0.0347. The molecule has 0 N–H and O–H groups in total. The van der Waals surface area contributed by atoms with Crippen molar-refractivity contribution in [1.29, 1.82) is 0 Å². The molecule has 0 bridgehead atoms. The Hall–Kier alpha value is -1.33. The van der Waals surface area contributed by atoms with E-state index < -0.39 is 5.97 Å². The molecule has 0 aliphatic carbocycles. The maximum absolute atomic E-state index is 11.2. The number of hydrogen-bond acceptors (Lipinski definition) is 5. The predicted octanol–water partition coefficient (Wildman–Crippen LogP) is 2.18. The van der Waals surface area contributed by atoms with E-state index in [0.29, 0.717) is 19.0 Å². The number of esters is 1. The Morgan fingerprint density at radius 1 is 1.35 bits per heavy atom. The lowest BCUT2D eigenvalue weighted by Crippen LogP contribution is -2.03. The van der Waals surface area contributed by atoms with E-state index >= 15 is 0 Å². The van der Waals surface area contributed by atoms with Crippen molar-refractivity contribution in [3.05, 3.63) is 23.7 Å². The van der Waals surface area contributed by atoms with Crippen molar-refractivity contribution >= 4 is 5.97 Å². The van der Waals surface area contributed by atoms with Crippen molar-refractivity contribution in [2.45, 2.75) is 19.4 Å². The maximum atomic E-state index is 11.2. The number of hydrogen-bond donors (Lipinski definition) is 0. The second kappa shape index (κ2) is 7.09. The van der Waals surface area contributed by atoms with Crippen LogP contribution in [0, 0.1) is 0 Å². The second-order valence-electron chi connectivity index (χ2n) is 3.55. The first kappa shape index (κ1) is 13.7. The topological polar surface area (TPSA) is 57.9 Å². The average molecular weight is 242 g/mol. The van der Waals surface area contributed by atoms with Crippen LogP contribution in [0.15, 0.2) is 16.5 Å². The van der Waals surface area contributed by atoms with Gasteiger partial charge < -0.3 is 18.6 Å². The molecule has 0 saturated carbocycles. The molecule has 1 aromatic heterocycles. The molecule has 0 amide bonds. The first-order chi connectivity index (χ1) is 8.19. The van der Waals surface area contributed by atoms with Gasteiger partial charge in [-0.1, -0.05) is 0 Å². The van der Waals surface area contributed by atoms with E-state index in [4.69, 9.17) is 13.9 Å². The molecule has 5 heteroatoms. The van der Waals surface area contributed by atoms with Crippen LogP contribution in [0.1, 0.15) is 35.8 Å². The monoisotopic (exact) mass is 242 g/mol. The first-order valence-corrected chi connectivity index (χ1v) is 5.47. The summed E-state index contributed by atoms with van der Waals surface area (Å²) in [7, 11) is 2.97. The van der Waals surface area contributed by atoms with E-state index in [-0.39, 0.29) is 11.9 Å². The van der Waals surface area contributed by atoms with Gasteiger partial charge in [-0.3, -0.25) is 0 Å². The van der Waals surface area contributed by atoms with E-state index in [0.717, 1.165) is 6.42 Å². The van der Waals surface area contributed by atoms with Crippen LogP contribution in [0.4, 0.5) is 0 Å². The third-order valence-electron chi connectivity index (χ3n) is 2.27. The largest absolute Gasteiger partial charge is 0.463 e. The van der Waals surface area contributed by atoms with E-state index in [2.05, 4.69) is 4.74 Å². The highest BCUT2D eigenvalue weighted by atomic mass is 16.5. The molecular formula is C12H18O5. The van der Waals surface area contributed by atoms with E-state index in [1.54, 1.807) is 19.2 Å². The van der Waals surface area contributed by atoms with Gasteiger partial charge in [0, 0.05) is 20.3 Å². The van der Waals surface area contributed by atoms with Crippen molar-refractivity contribution in [2.75, 3.05) is 27.4 Å². The predicted molar refractivity (Wildman–Crippen MR) is 60.9 cm³/mol. The molecule has 0 spiro atoms. The van der Waals surface area contributed by atoms with Gasteiger partial charge in [0.1, 0.15) is 11.9 Å². The molecule has 1 unspecified atom stereocenters. The number of carbonyl (C=O) groups is 1. The van der Waals surface area contributed by atoms with Crippen LogP contribution in [0.3, 0.4) is 0 Å². The molecule has 17 heavy (non-hydrogen) atoms. The highest BCUT2D eigenvalue weighted by Crippen LogP contribution is 2.20. The van der Waals surface area contributed by atoms with Crippen molar-refractivity contribution in [3.8, 4) is 0 Å². The van der Waals surface area contributed by atoms with Crippen molar-refractivity contribution in [2.24, 2.45) is 0 Å². The molecule has 0 radical (unpaired) electrons. The summed E-state index contributed by atoms with van der Waals surface area (Å²) in [5.74, 6) is 0.320. The van der Waals surface area contributed by atoms with Crippen LogP contribution < -0.4 is 0 Å². The molecule has 0 saturated heterocycles. The Bertz CT molecular complexity index is 344. The van der Waals surface area contributed by atoms with Crippen molar-refractivity contribution in [3.63, 3.8) is 0 Å². The van der Waals surface area contributed by atoms with Crippen LogP contribution in [0.2, 0.25) is 0 Å². The Morgan fingerprint density at radius 2 is 2.12 bits per heavy atom. The molecule has 0 aliphatic heterocycles. The molecule has 0 fully saturated rings. The van der Waals surface area contributed by atoms with E-state index in [9.17, 15) is 4.79 Å². The minimum absolute atomic E-state index is 0.190. The highest BCUT2D eigenvalue weighted by Gasteiger charge is 2.15. The number of methoxy groups -OCH3 is 2. The summed E-state index contributed by atoms with van der Waals surface area (Å²) in [6.07, 6.45) is 0.635. The van der Waals surface area contributed by atoms with Gasteiger partial charge in [-0.05, 0) is 25.5 Å². The zero-order valence-electron chi connectivity index (χ0n) is 10.4. The van der Waals surface area contributed by atoms with Crippen molar-refractivity contribution < 1.29 is 23.4 Å². The van der Waals surface area contributed by atoms with Gasteiger partial charge in [-0.25, -0.2) is 4.79 Å². The SMILES string of the molecule is COCCCOC(C)c1ccc(C(=O)OC)o1. The van der Waals surface area contributed by atoms with Gasteiger partial charge in [0.05, 0.1) is 7.11 Å². The summed E-state index contributed by atoms with van der Waals surface area (Å²) in [4.78, 5) is 11.2. The number of rotatable bonds is 7. The third-order valence-corrected chi connectivity index (χ3v) is 2.27. The molecule has 1 rings (SSSR count). The molecule has 0 aromatic carbocycles. The average Bonchev–Trinajstić information content (AvgIpc) is 2.83. The molecule has 96 valence electrons. The van der Waals surface area contributed by atoms with Gasteiger partial charge in [0.25, 0.3) is 0 Å². The van der Waals surface area contributed by atoms with Gasteiger partial charge in [-0.15, -0.1) is 0 Å². The normalized spacial score (nSPS) is 12.4. The third kappa shape index (κ3) is 4.20. The number of ether oxygens (including phenoxy) is 3. The van der Waals surface area contributed by atoms with E-state index in [1.165, 1.54) is 7.11 Å². The molecule has 1 heterocycles. The number of carbonyl (C=O) groups excluding carboxylic acids is 1. The van der Waals surface area contributed by atoms with Crippen molar-refractivity contribution in [1.82, 2.24) is 0 Å². The molecule has 5 nitrogen and oxygen atoms in total. The Labute approximate surface area is 101 Å². The number of furan rings is 1. The summed E-state index contributed by atoms with van der Waals surface area (Å²) in [5, 5.41) is 0. The van der Waals surface area contributed by atoms with Gasteiger partial charge in [0.2, 0.25) is 5.76 Å². The fourth-order valence-corrected chi connectivity index (χ4v) is 1.33. The zero-order valence-corrected chi connectivity index (χ0v) is 10.4. The van der Waals surface area contributed by atoms with Crippen LogP contribution in [0.25, 0.3) is 0 Å². The Balaban J connectivity index is 2.43. The highest BCUT2D eigenvalue weighted by molar-refractivity contribution is 5.86. The lowest BCUT2D eigenvalue weighted by Gasteiger charge is -2.09. The minimum atomic E-state index is -0.483. The zero-order chi connectivity index (χ0) is 12.7. The molecule has 1 atom stereocenters. The molecule has 1 aromatic rings. The summed E-state index contributed by atoms with van der Waals surface area (Å²) >= 11 is 0. The van der Waals surface area contributed by atoms with Gasteiger partial charge in [0.15, 0.2) is 0 Å². The van der Waals surface area contributed by atoms with Gasteiger partial charge >= 0.3 is 5.97 Å². The quantitative estimate of drug-likeness (QED) is 0.541. The van der Waals surface area contributed by atoms with E-state index in [1.807, 2.05) is 6.92 Å². The molecular weight excluding hydrogens is 224 g/mol. The summed E-state index contributed by atoms with van der Waals surface area (Å²) < 4.78 is 20.3. The second-order valence-corrected chi connectivity index (χ2v) is 3.55. The van der Waals surface area contributed by atoms with Crippen LogP contribution >= 0.6 is 0 Å². The fourth-order valence-electron chi connectivity index (χ4n) is 1.33. The summed E-state index contributed by atoms with van der Waals surface area (Å²) in [5.41, 5.74) is 0. The maximum Gasteiger partial charge on any atom is 0.373 e. The summed E-state index contributed by atoms with van der Waals surface area (Å²) in [6, 6.07) is 3.30. The lowest BCUT2D eigenvalue weighted by atomic mass is 10.3.